The van der Waals surface area contributed by atoms with Crippen LogP contribution in [0.3, 0.4) is 0 Å². The molecule has 0 saturated carbocycles. The van der Waals surface area contributed by atoms with Gasteiger partial charge in [-0.3, -0.25) is 0 Å². The zero-order valence-electron chi connectivity index (χ0n) is 15.8. The molecule has 1 unspecified atom stereocenters. The first-order chi connectivity index (χ1) is 13.7. The van der Waals surface area contributed by atoms with Crippen molar-refractivity contribution in [3.8, 4) is 16.2 Å². The third kappa shape index (κ3) is 4.45. The minimum Gasteiger partial charge on any atom is -0.479 e. The molecule has 1 heterocycles. The SMILES string of the molecule is O=C(O)C(CCC1=CCCCC1)Oc1ccc(-c2cc3ccccc3s2)cc1. The molecule has 1 N–H and O–H groups in total. The average molecular weight is 393 g/mol. The first-order valence-corrected chi connectivity index (χ1v) is 10.7. The highest BCUT2D eigenvalue weighted by molar-refractivity contribution is 7.22. The number of hydrogen-bond donors (Lipinski definition) is 1. The summed E-state index contributed by atoms with van der Waals surface area (Å²) in [4.78, 5) is 12.8. The van der Waals surface area contributed by atoms with Crippen LogP contribution < -0.4 is 4.74 Å². The molecule has 4 rings (SSSR count). The Morgan fingerprint density at radius 1 is 1.11 bits per heavy atom. The molecule has 28 heavy (non-hydrogen) atoms. The predicted octanol–water partition coefficient (Wildman–Crippen LogP) is 6.68. The average Bonchev–Trinajstić information content (AvgIpc) is 3.16. The maximum Gasteiger partial charge on any atom is 0.344 e. The molecular weight excluding hydrogens is 368 g/mol. The summed E-state index contributed by atoms with van der Waals surface area (Å²) in [5, 5.41) is 10.8. The number of carbonyl (C=O) groups is 1. The molecule has 1 atom stereocenters. The number of thiophene rings is 1. The molecule has 0 aliphatic heterocycles. The van der Waals surface area contributed by atoms with Gasteiger partial charge in [-0.2, -0.15) is 0 Å². The molecule has 0 spiro atoms. The third-order valence-electron chi connectivity index (χ3n) is 5.23. The van der Waals surface area contributed by atoms with Crippen molar-refractivity contribution in [1.29, 1.82) is 0 Å². The number of carboxylic acids is 1. The summed E-state index contributed by atoms with van der Waals surface area (Å²) >= 11 is 1.76. The van der Waals surface area contributed by atoms with Crippen molar-refractivity contribution in [1.82, 2.24) is 0 Å². The van der Waals surface area contributed by atoms with Crippen molar-refractivity contribution in [2.75, 3.05) is 0 Å². The summed E-state index contributed by atoms with van der Waals surface area (Å²) in [6.45, 7) is 0. The zero-order chi connectivity index (χ0) is 19.3. The van der Waals surface area contributed by atoms with Crippen LogP contribution in [0.5, 0.6) is 5.75 Å². The molecule has 4 heteroatoms. The number of fused-ring (bicyclic) bond motifs is 1. The van der Waals surface area contributed by atoms with Crippen LogP contribution in [0, 0.1) is 0 Å². The van der Waals surface area contributed by atoms with E-state index in [1.165, 1.54) is 33.4 Å². The molecule has 1 aliphatic carbocycles. The molecule has 0 radical (unpaired) electrons. The van der Waals surface area contributed by atoms with Gasteiger partial charge in [-0.15, -0.1) is 11.3 Å². The Balaban J connectivity index is 1.43. The highest BCUT2D eigenvalue weighted by Crippen LogP contribution is 2.34. The lowest BCUT2D eigenvalue weighted by atomic mass is 9.95. The van der Waals surface area contributed by atoms with Gasteiger partial charge in [-0.1, -0.05) is 29.8 Å². The molecule has 144 valence electrons. The van der Waals surface area contributed by atoms with Crippen LogP contribution in [-0.2, 0) is 4.79 Å². The van der Waals surface area contributed by atoms with E-state index in [9.17, 15) is 9.90 Å². The topological polar surface area (TPSA) is 46.5 Å². The maximum atomic E-state index is 11.6. The van der Waals surface area contributed by atoms with Gasteiger partial charge < -0.3 is 9.84 Å². The summed E-state index contributed by atoms with van der Waals surface area (Å²) in [5.74, 6) is -0.292. The molecule has 0 fully saturated rings. The summed E-state index contributed by atoms with van der Waals surface area (Å²) in [6.07, 6.45) is 7.44. The third-order valence-corrected chi connectivity index (χ3v) is 6.40. The minimum absolute atomic E-state index is 0.513. The fourth-order valence-corrected chi connectivity index (χ4v) is 4.74. The molecule has 1 aliphatic rings. The number of rotatable bonds is 7. The molecule has 3 nitrogen and oxygen atoms in total. The molecule has 0 amide bonds. The number of hydrogen-bond acceptors (Lipinski definition) is 3. The van der Waals surface area contributed by atoms with E-state index in [2.05, 4.69) is 30.3 Å². The van der Waals surface area contributed by atoms with Gasteiger partial charge in [-0.25, -0.2) is 4.79 Å². The van der Waals surface area contributed by atoms with E-state index in [0.717, 1.165) is 24.8 Å². The number of ether oxygens (including phenoxy) is 1. The standard InChI is InChI=1S/C24H24O3S/c25-24(26)21(15-10-17-6-2-1-3-7-17)27-20-13-11-18(12-14-20)23-16-19-8-4-5-9-22(19)28-23/h4-6,8-9,11-14,16,21H,1-3,7,10,15H2,(H,25,26). The van der Waals surface area contributed by atoms with E-state index in [0.29, 0.717) is 12.2 Å². The fourth-order valence-electron chi connectivity index (χ4n) is 3.67. The molecule has 3 aromatic rings. The van der Waals surface area contributed by atoms with Gasteiger partial charge in [0.1, 0.15) is 5.75 Å². The van der Waals surface area contributed by atoms with Gasteiger partial charge in [0.05, 0.1) is 0 Å². The van der Waals surface area contributed by atoms with Crippen LogP contribution in [0.2, 0.25) is 0 Å². The van der Waals surface area contributed by atoms with Crippen LogP contribution in [0.25, 0.3) is 20.5 Å². The first-order valence-electron chi connectivity index (χ1n) is 9.85. The summed E-state index contributed by atoms with van der Waals surface area (Å²) < 4.78 is 7.06. The van der Waals surface area contributed by atoms with Crippen molar-refractivity contribution in [3.05, 3.63) is 66.2 Å². The van der Waals surface area contributed by atoms with E-state index in [4.69, 9.17) is 4.74 Å². The number of allylic oxidation sites excluding steroid dienone is 2. The highest BCUT2D eigenvalue weighted by atomic mass is 32.1. The quantitative estimate of drug-likeness (QED) is 0.456. The molecule has 2 aromatic carbocycles. The maximum absolute atomic E-state index is 11.6. The highest BCUT2D eigenvalue weighted by Gasteiger charge is 2.20. The van der Waals surface area contributed by atoms with E-state index in [1.54, 1.807) is 11.3 Å². The zero-order valence-corrected chi connectivity index (χ0v) is 16.6. The van der Waals surface area contributed by atoms with Crippen LogP contribution >= 0.6 is 11.3 Å². The van der Waals surface area contributed by atoms with Crippen LogP contribution in [0.1, 0.15) is 38.5 Å². The smallest absolute Gasteiger partial charge is 0.344 e. The van der Waals surface area contributed by atoms with Crippen molar-refractivity contribution >= 4 is 27.4 Å². The lowest BCUT2D eigenvalue weighted by Gasteiger charge is -2.18. The lowest BCUT2D eigenvalue weighted by molar-refractivity contribution is -0.145. The first kappa shape index (κ1) is 18.8. The Bertz CT molecular complexity index is 952. The Kier molecular flexibility index (Phi) is 5.77. The Morgan fingerprint density at radius 2 is 1.93 bits per heavy atom. The second-order valence-corrected chi connectivity index (χ2v) is 8.35. The predicted molar refractivity (Wildman–Crippen MR) is 115 cm³/mol. The fraction of sp³-hybridized carbons (Fsp3) is 0.292. The van der Waals surface area contributed by atoms with Crippen LogP contribution in [0.15, 0.2) is 66.2 Å². The molecule has 0 bridgehead atoms. The Hall–Kier alpha value is -2.59. The van der Waals surface area contributed by atoms with Crippen molar-refractivity contribution in [2.45, 2.75) is 44.6 Å². The normalized spacial score (nSPS) is 15.2. The largest absolute Gasteiger partial charge is 0.479 e. The Labute approximate surface area is 169 Å². The van der Waals surface area contributed by atoms with Gasteiger partial charge in [0.2, 0.25) is 0 Å². The van der Waals surface area contributed by atoms with E-state index in [1.807, 2.05) is 30.3 Å². The Morgan fingerprint density at radius 3 is 2.64 bits per heavy atom. The summed E-state index contributed by atoms with van der Waals surface area (Å²) in [6, 6.07) is 18.3. The second-order valence-electron chi connectivity index (χ2n) is 7.26. The molecule has 1 aromatic heterocycles. The second kappa shape index (κ2) is 8.61. The minimum atomic E-state index is -0.898. The van der Waals surface area contributed by atoms with Crippen molar-refractivity contribution in [2.24, 2.45) is 0 Å². The van der Waals surface area contributed by atoms with Crippen molar-refractivity contribution in [3.63, 3.8) is 0 Å². The van der Waals surface area contributed by atoms with Gasteiger partial charge in [0.25, 0.3) is 0 Å². The van der Waals surface area contributed by atoms with Gasteiger partial charge in [0.15, 0.2) is 6.10 Å². The van der Waals surface area contributed by atoms with Crippen LogP contribution in [0.4, 0.5) is 0 Å². The molecule has 0 saturated heterocycles. The summed E-state index contributed by atoms with van der Waals surface area (Å²) in [5.41, 5.74) is 2.49. The monoisotopic (exact) mass is 392 g/mol. The summed E-state index contributed by atoms with van der Waals surface area (Å²) in [7, 11) is 0. The number of aliphatic carboxylic acids is 1. The van der Waals surface area contributed by atoms with Crippen LogP contribution in [-0.4, -0.2) is 17.2 Å². The van der Waals surface area contributed by atoms with Crippen molar-refractivity contribution < 1.29 is 14.6 Å². The lowest BCUT2D eigenvalue weighted by Crippen LogP contribution is -2.27. The number of benzene rings is 2. The molecular formula is C24H24O3S. The van der Waals surface area contributed by atoms with E-state index < -0.39 is 12.1 Å². The number of carboxylic acid groups (broad SMARTS) is 1. The van der Waals surface area contributed by atoms with E-state index in [-0.39, 0.29) is 0 Å². The van der Waals surface area contributed by atoms with E-state index >= 15 is 0 Å². The van der Waals surface area contributed by atoms with Gasteiger partial charge >= 0.3 is 5.97 Å². The van der Waals surface area contributed by atoms with Gasteiger partial charge in [-0.05, 0) is 85.9 Å². The van der Waals surface area contributed by atoms with Gasteiger partial charge in [0, 0.05) is 9.58 Å².